The van der Waals surface area contributed by atoms with Crippen LogP contribution in [-0.2, 0) is 12.8 Å². The van der Waals surface area contributed by atoms with Gasteiger partial charge >= 0.3 is 0 Å². The molecule has 1 aromatic rings. The Labute approximate surface area is 134 Å². The van der Waals surface area contributed by atoms with Gasteiger partial charge in [0.15, 0.2) is 0 Å². The van der Waals surface area contributed by atoms with Crippen molar-refractivity contribution in [1.82, 2.24) is 10.2 Å². The van der Waals surface area contributed by atoms with E-state index >= 15 is 0 Å². The van der Waals surface area contributed by atoms with Crippen molar-refractivity contribution in [2.75, 3.05) is 20.1 Å². The van der Waals surface area contributed by atoms with Crippen LogP contribution in [-0.4, -0.2) is 36.6 Å². The topological polar surface area (TPSA) is 15.3 Å². The van der Waals surface area contributed by atoms with Gasteiger partial charge in [0.05, 0.1) is 0 Å². The second-order valence-electron chi connectivity index (χ2n) is 6.53. The summed E-state index contributed by atoms with van der Waals surface area (Å²) in [7, 11) is 2.14. The fourth-order valence-corrected chi connectivity index (χ4v) is 4.65. The maximum absolute atomic E-state index is 3.63. The van der Waals surface area contributed by atoms with Gasteiger partial charge < -0.3 is 5.32 Å². The van der Waals surface area contributed by atoms with Gasteiger partial charge in [-0.2, -0.15) is 0 Å². The summed E-state index contributed by atoms with van der Waals surface area (Å²) >= 11 is 1.99. The molecule has 2 atom stereocenters. The molecule has 0 amide bonds. The number of thiophene rings is 1. The predicted octanol–water partition coefficient (Wildman–Crippen LogP) is 4.10. The Bertz CT molecular complexity index is 423. The highest BCUT2D eigenvalue weighted by atomic mass is 32.1. The van der Waals surface area contributed by atoms with E-state index in [9.17, 15) is 0 Å². The molecule has 1 N–H and O–H groups in total. The molecular formula is C18H32N2S. The standard InChI is InChI=1S/C18H32N2S/c1-5-15-10-11-16(21-15)14-17(19-4)18(3,6-2)20-12-8-7-9-13-20/h10-11,17,19H,5-9,12-14H2,1-4H3. The second-order valence-corrected chi connectivity index (χ2v) is 7.78. The van der Waals surface area contributed by atoms with Gasteiger partial charge in [-0.15, -0.1) is 11.3 Å². The van der Waals surface area contributed by atoms with Crippen molar-refractivity contribution in [3.8, 4) is 0 Å². The molecule has 2 rings (SSSR count). The number of hydrogen-bond acceptors (Lipinski definition) is 3. The number of rotatable bonds is 7. The third-order valence-corrected chi connectivity index (χ3v) is 6.62. The second kappa shape index (κ2) is 7.75. The van der Waals surface area contributed by atoms with E-state index in [4.69, 9.17) is 0 Å². The van der Waals surface area contributed by atoms with Gasteiger partial charge in [-0.1, -0.05) is 20.3 Å². The zero-order chi connectivity index (χ0) is 15.3. The molecule has 2 unspecified atom stereocenters. The van der Waals surface area contributed by atoms with Crippen LogP contribution in [0.1, 0.15) is 56.2 Å². The molecule has 2 nitrogen and oxygen atoms in total. The van der Waals surface area contributed by atoms with Crippen LogP contribution >= 0.6 is 11.3 Å². The molecule has 0 radical (unpaired) electrons. The third kappa shape index (κ3) is 3.88. The van der Waals surface area contributed by atoms with Gasteiger partial charge in [-0.05, 0) is 71.3 Å². The minimum absolute atomic E-state index is 0.269. The first kappa shape index (κ1) is 17.0. The molecule has 21 heavy (non-hydrogen) atoms. The number of aryl methyl sites for hydroxylation is 1. The van der Waals surface area contributed by atoms with Crippen molar-refractivity contribution in [3.05, 3.63) is 21.9 Å². The average Bonchev–Trinajstić information content (AvgIpc) is 3.00. The normalized spacial score (nSPS) is 21.1. The van der Waals surface area contributed by atoms with Crippen LogP contribution in [0, 0.1) is 0 Å². The van der Waals surface area contributed by atoms with E-state index in [1.165, 1.54) is 48.5 Å². The summed E-state index contributed by atoms with van der Waals surface area (Å²) in [5, 5.41) is 3.63. The molecule has 1 fully saturated rings. The van der Waals surface area contributed by atoms with Crippen molar-refractivity contribution >= 4 is 11.3 Å². The van der Waals surface area contributed by atoms with E-state index in [1.54, 1.807) is 0 Å². The molecule has 1 saturated heterocycles. The number of nitrogens with zero attached hydrogens (tertiary/aromatic N) is 1. The number of piperidine rings is 1. The quantitative estimate of drug-likeness (QED) is 0.816. The minimum atomic E-state index is 0.269. The maximum atomic E-state index is 3.63. The summed E-state index contributed by atoms with van der Waals surface area (Å²) in [5.41, 5.74) is 0.269. The van der Waals surface area contributed by atoms with E-state index in [-0.39, 0.29) is 5.54 Å². The summed E-state index contributed by atoms with van der Waals surface area (Å²) in [6.45, 7) is 9.61. The number of hydrogen-bond donors (Lipinski definition) is 1. The average molecular weight is 309 g/mol. The lowest BCUT2D eigenvalue weighted by Crippen LogP contribution is -2.60. The molecule has 2 heterocycles. The van der Waals surface area contributed by atoms with Crippen molar-refractivity contribution in [2.24, 2.45) is 0 Å². The van der Waals surface area contributed by atoms with Crippen molar-refractivity contribution in [3.63, 3.8) is 0 Å². The highest BCUT2D eigenvalue weighted by molar-refractivity contribution is 7.11. The SMILES string of the molecule is CCc1ccc(CC(NC)C(C)(CC)N2CCCCC2)s1. The Balaban J connectivity index is 2.11. The number of likely N-dealkylation sites (tertiary alicyclic amines) is 1. The first-order chi connectivity index (χ1) is 10.1. The zero-order valence-electron chi connectivity index (χ0n) is 14.2. The molecule has 120 valence electrons. The van der Waals surface area contributed by atoms with Crippen LogP contribution in [0.5, 0.6) is 0 Å². The maximum Gasteiger partial charge on any atom is 0.0335 e. The van der Waals surface area contributed by atoms with Crippen LogP contribution in [0.15, 0.2) is 12.1 Å². The summed E-state index contributed by atoms with van der Waals surface area (Å²) in [4.78, 5) is 5.78. The van der Waals surface area contributed by atoms with E-state index in [2.05, 4.69) is 50.2 Å². The highest BCUT2D eigenvalue weighted by Crippen LogP contribution is 2.30. The third-order valence-electron chi connectivity index (χ3n) is 5.36. The minimum Gasteiger partial charge on any atom is -0.315 e. The van der Waals surface area contributed by atoms with E-state index < -0.39 is 0 Å². The Morgan fingerprint density at radius 2 is 1.86 bits per heavy atom. The largest absolute Gasteiger partial charge is 0.315 e. The summed E-state index contributed by atoms with van der Waals surface area (Å²) in [6, 6.07) is 5.17. The Morgan fingerprint density at radius 1 is 1.19 bits per heavy atom. The lowest BCUT2D eigenvalue weighted by atomic mass is 9.83. The van der Waals surface area contributed by atoms with Crippen molar-refractivity contribution < 1.29 is 0 Å². The van der Waals surface area contributed by atoms with Crippen LogP contribution in [0.2, 0.25) is 0 Å². The molecule has 3 heteroatoms. The summed E-state index contributed by atoms with van der Waals surface area (Å²) < 4.78 is 0. The molecule has 0 bridgehead atoms. The molecule has 1 aromatic heterocycles. The van der Waals surface area contributed by atoms with Gasteiger partial charge in [0, 0.05) is 21.3 Å². The molecule has 0 aromatic carbocycles. The summed E-state index contributed by atoms with van der Waals surface area (Å²) in [6.07, 6.45) is 7.67. The molecule has 0 aliphatic carbocycles. The van der Waals surface area contributed by atoms with E-state index in [1.807, 2.05) is 11.3 Å². The first-order valence-electron chi connectivity index (χ1n) is 8.64. The first-order valence-corrected chi connectivity index (χ1v) is 9.45. The molecule has 1 aliphatic heterocycles. The van der Waals surface area contributed by atoms with Crippen LogP contribution in [0.3, 0.4) is 0 Å². The molecular weight excluding hydrogens is 276 g/mol. The molecule has 1 aliphatic rings. The van der Waals surface area contributed by atoms with Crippen molar-refractivity contribution in [1.29, 1.82) is 0 Å². The van der Waals surface area contributed by atoms with Gasteiger partial charge in [-0.3, -0.25) is 4.90 Å². The lowest BCUT2D eigenvalue weighted by Gasteiger charge is -2.48. The molecule has 0 spiro atoms. The van der Waals surface area contributed by atoms with Gasteiger partial charge in [-0.25, -0.2) is 0 Å². The fourth-order valence-electron chi connectivity index (χ4n) is 3.65. The van der Waals surface area contributed by atoms with Gasteiger partial charge in [0.1, 0.15) is 0 Å². The predicted molar refractivity (Wildman–Crippen MR) is 94.4 cm³/mol. The van der Waals surface area contributed by atoms with E-state index in [0.29, 0.717) is 6.04 Å². The number of nitrogens with one attached hydrogen (secondary N) is 1. The highest BCUT2D eigenvalue weighted by Gasteiger charge is 2.38. The van der Waals surface area contributed by atoms with Gasteiger partial charge in [0.2, 0.25) is 0 Å². The monoisotopic (exact) mass is 308 g/mol. The Kier molecular flexibility index (Phi) is 6.27. The Hall–Kier alpha value is -0.380. The van der Waals surface area contributed by atoms with Crippen molar-refractivity contribution in [2.45, 2.75) is 70.9 Å². The van der Waals surface area contributed by atoms with Gasteiger partial charge in [0.25, 0.3) is 0 Å². The van der Waals surface area contributed by atoms with Crippen LogP contribution < -0.4 is 5.32 Å². The van der Waals surface area contributed by atoms with Crippen LogP contribution in [0.25, 0.3) is 0 Å². The van der Waals surface area contributed by atoms with Crippen LogP contribution in [0.4, 0.5) is 0 Å². The molecule has 0 saturated carbocycles. The zero-order valence-corrected chi connectivity index (χ0v) is 15.1. The lowest BCUT2D eigenvalue weighted by molar-refractivity contribution is 0.0455. The van der Waals surface area contributed by atoms with E-state index in [0.717, 1.165) is 12.8 Å². The summed E-state index contributed by atoms with van der Waals surface area (Å²) in [5.74, 6) is 0. The Morgan fingerprint density at radius 3 is 2.38 bits per heavy atom. The smallest absolute Gasteiger partial charge is 0.0335 e. The number of likely N-dealkylation sites (N-methyl/N-ethyl adjacent to an activating group) is 1. The fraction of sp³-hybridized carbons (Fsp3) is 0.778.